The van der Waals surface area contributed by atoms with Crippen LogP contribution in [-0.2, 0) is 11.2 Å². The van der Waals surface area contributed by atoms with Gasteiger partial charge >= 0.3 is 5.97 Å². The molecule has 1 N–H and O–H groups in total. The molecule has 0 radical (unpaired) electrons. The molecule has 0 aliphatic rings. The normalized spacial score (nSPS) is 12.2. The van der Waals surface area contributed by atoms with Crippen LogP contribution in [0.5, 0.6) is 5.75 Å². The van der Waals surface area contributed by atoms with Crippen molar-refractivity contribution in [2.75, 3.05) is 7.11 Å². The zero-order valence-corrected chi connectivity index (χ0v) is 14.3. The van der Waals surface area contributed by atoms with Crippen LogP contribution in [0.25, 0.3) is 0 Å². The minimum absolute atomic E-state index is 0.324. The van der Waals surface area contributed by atoms with Gasteiger partial charge in [-0.1, -0.05) is 49.7 Å². The molecule has 2 aromatic carbocycles. The number of rotatable bonds is 6. The molecule has 122 valence electrons. The molecule has 23 heavy (non-hydrogen) atoms. The minimum atomic E-state index is -0.862. The van der Waals surface area contributed by atoms with E-state index in [1.165, 1.54) is 0 Å². The number of halogens is 1. The van der Waals surface area contributed by atoms with E-state index in [0.29, 0.717) is 28.7 Å². The smallest absolute Gasteiger partial charge is 0.311 e. The lowest BCUT2D eigenvalue weighted by molar-refractivity contribution is -0.138. The van der Waals surface area contributed by atoms with E-state index in [4.69, 9.17) is 16.3 Å². The fraction of sp³-hybridized carbons (Fsp3) is 0.316. The zero-order valence-electron chi connectivity index (χ0n) is 13.5. The first kappa shape index (κ1) is 17.4. The summed E-state index contributed by atoms with van der Waals surface area (Å²) in [7, 11) is 1.56. The lowest BCUT2D eigenvalue weighted by Crippen LogP contribution is -2.16. The van der Waals surface area contributed by atoms with Crippen molar-refractivity contribution in [3.63, 3.8) is 0 Å². The van der Waals surface area contributed by atoms with Gasteiger partial charge in [0.15, 0.2) is 0 Å². The maximum atomic E-state index is 11.8. The van der Waals surface area contributed by atoms with Crippen LogP contribution < -0.4 is 4.74 Å². The molecule has 0 saturated heterocycles. The van der Waals surface area contributed by atoms with Gasteiger partial charge in [-0.2, -0.15) is 0 Å². The summed E-state index contributed by atoms with van der Waals surface area (Å²) in [5, 5.41) is 10.3. The van der Waals surface area contributed by atoms with Gasteiger partial charge in [0.2, 0.25) is 0 Å². The number of ether oxygens (including phenoxy) is 1. The molecule has 0 amide bonds. The predicted molar refractivity (Wildman–Crippen MR) is 92.6 cm³/mol. The van der Waals surface area contributed by atoms with Crippen LogP contribution in [0.1, 0.15) is 42.4 Å². The number of hydrogen-bond donors (Lipinski definition) is 1. The van der Waals surface area contributed by atoms with Crippen molar-refractivity contribution in [1.82, 2.24) is 0 Å². The summed E-state index contributed by atoms with van der Waals surface area (Å²) in [6, 6.07) is 13.0. The lowest BCUT2D eigenvalue weighted by atomic mass is 9.88. The minimum Gasteiger partial charge on any atom is -0.496 e. The molecule has 3 nitrogen and oxygen atoms in total. The largest absolute Gasteiger partial charge is 0.496 e. The number of aliphatic carboxylic acids is 1. The molecule has 1 atom stereocenters. The maximum Gasteiger partial charge on any atom is 0.311 e. The van der Waals surface area contributed by atoms with Crippen LogP contribution in [0.2, 0.25) is 5.02 Å². The molecule has 0 aliphatic heterocycles. The number of carboxylic acids is 1. The Bertz CT molecular complexity index is 678. The Kier molecular flexibility index (Phi) is 5.67. The van der Waals surface area contributed by atoms with Crippen LogP contribution in [0, 0.1) is 0 Å². The third-order valence-corrected chi connectivity index (χ3v) is 4.20. The van der Waals surface area contributed by atoms with Crippen molar-refractivity contribution < 1.29 is 14.6 Å². The molecule has 0 fully saturated rings. The molecule has 2 rings (SSSR count). The first-order valence-electron chi connectivity index (χ1n) is 7.57. The third-order valence-electron chi connectivity index (χ3n) is 3.95. The highest BCUT2D eigenvalue weighted by atomic mass is 35.5. The molecule has 1 unspecified atom stereocenters. The Balaban J connectivity index is 2.42. The van der Waals surface area contributed by atoms with Gasteiger partial charge in [0.25, 0.3) is 0 Å². The third kappa shape index (κ3) is 4.26. The van der Waals surface area contributed by atoms with E-state index in [1.807, 2.05) is 30.3 Å². The van der Waals surface area contributed by atoms with Crippen molar-refractivity contribution in [3.8, 4) is 5.75 Å². The Morgan fingerprint density at radius 1 is 1.17 bits per heavy atom. The van der Waals surface area contributed by atoms with E-state index in [0.717, 1.165) is 11.1 Å². The van der Waals surface area contributed by atoms with Crippen molar-refractivity contribution in [3.05, 3.63) is 64.2 Å². The van der Waals surface area contributed by atoms with E-state index < -0.39 is 11.9 Å². The first-order chi connectivity index (χ1) is 10.9. The van der Waals surface area contributed by atoms with E-state index in [1.54, 1.807) is 19.2 Å². The summed E-state index contributed by atoms with van der Waals surface area (Å²) < 4.78 is 5.38. The molecular formula is C19H21ClO3. The highest BCUT2D eigenvalue weighted by molar-refractivity contribution is 6.30. The lowest BCUT2D eigenvalue weighted by Gasteiger charge is -2.18. The number of benzene rings is 2. The summed E-state index contributed by atoms with van der Waals surface area (Å²) in [5.41, 5.74) is 2.74. The van der Waals surface area contributed by atoms with Gasteiger partial charge in [0.05, 0.1) is 13.0 Å². The van der Waals surface area contributed by atoms with Crippen LogP contribution in [0.3, 0.4) is 0 Å². The van der Waals surface area contributed by atoms with Gasteiger partial charge in [-0.05, 0) is 41.7 Å². The summed E-state index contributed by atoms with van der Waals surface area (Å²) in [4.78, 5) is 11.8. The van der Waals surface area contributed by atoms with Crippen molar-refractivity contribution in [2.24, 2.45) is 0 Å². The SMILES string of the molecule is COc1ccc(C(C)C)cc1C(Cc1ccc(Cl)cc1)C(=O)O. The second-order valence-electron chi connectivity index (χ2n) is 5.88. The van der Waals surface area contributed by atoms with Crippen molar-refractivity contribution in [2.45, 2.75) is 32.1 Å². The fourth-order valence-corrected chi connectivity index (χ4v) is 2.70. The van der Waals surface area contributed by atoms with Gasteiger partial charge in [-0.3, -0.25) is 4.79 Å². The van der Waals surface area contributed by atoms with Gasteiger partial charge in [0.1, 0.15) is 5.75 Å². The Morgan fingerprint density at radius 2 is 1.83 bits per heavy atom. The first-order valence-corrected chi connectivity index (χ1v) is 7.95. The van der Waals surface area contributed by atoms with Crippen molar-refractivity contribution in [1.29, 1.82) is 0 Å². The number of carbonyl (C=O) groups is 1. The van der Waals surface area contributed by atoms with E-state index >= 15 is 0 Å². The molecule has 2 aromatic rings. The molecule has 0 aromatic heterocycles. The average molecular weight is 333 g/mol. The molecule has 0 aliphatic carbocycles. The molecule has 0 spiro atoms. The van der Waals surface area contributed by atoms with Crippen molar-refractivity contribution >= 4 is 17.6 Å². The monoisotopic (exact) mass is 332 g/mol. The quantitative estimate of drug-likeness (QED) is 0.819. The second kappa shape index (κ2) is 7.51. The molecule has 0 saturated carbocycles. The Hall–Kier alpha value is -2.00. The highest BCUT2D eigenvalue weighted by Gasteiger charge is 2.24. The summed E-state index contributed by atoms with van der Waals surface area (Å²) in [6.07, 6.45) is 0.393. The standard InChI is InChI=1S/C19H21ClO3/c1-12(2)14-6-9-18(23-3)16(11-14)17(19(21)22)10-13-4-7-15(20)8-5-13/h4-9,11-12,17H,10H2,1-3H3,(H,21,22). The summed E-state index contributed by atoms with van der Waals surface area (Å²) in [5.74, 6) is -0.593. The fourth-order valence-electron chi connectivity index (χ4n) is 2.57. The molecular weight excluding hydrogens is 312 g/mol. The zero-order chi connectivity index (χ0) is 17.0. The van der Waals surface area contributed by atoms with Crippen LogP contribution in [0.4, 0.5) is 0 Å². The van der Waals surface area contributed by atoms with Gasteiger partial charge in [-0.15, -0.1) is 0 Å². The highest BCUT2D eigenvalue weighted by Crippen LogP contribution is 2.32. The topological polar surface area (TPSA) is 46.5 Å². The van der Waals surface area contributed by atoms with Crippen LogP contribution in [0.15, 0.2) is 42.5 Å². The van der Waals surface area contributed by atoms with Crippen LogP contribution >= 0.6 is 11.6 Å². The van der Waals surface area contributed by atoms with Gasteiger partial charge in [-0.25, -0.2) is 0 Å². The van der Waals surface area contributed by atoms with Gasteiger partial charge in [0, 0.05) is 10.6 Å². The Labute approximate surface area is 141 Å². The maximum absolute atomic E-state index is 11.8. The summed E-state index contributed by atoms with van der Waals surface area (Å²) in [6.45, 7) is 4.17. The number of hydrogen-bond acceptors (Lipinski definition) is 2. The van der Waals surface area contributed by atoms with E-state index in [2.05, 4.69) is 13.8 Å². The predicted octanol–water partition coefficient (Wildman–Crippen LogP) is 4.88. The number of carboxylic acid groups (broad SMARTS) is 1. The molecule has 0 bridgehead atoms. The van der Waals surface area contributed by atoms with Gasteiger partial charge < -0.3 is 9.84 Å². The molecule has 4 heteroatoms. The average Bonchev–Trinajstić information content (AvgIpc) is 2.53. The van der Waals surface area contributed by atoms with E-state index in [-0.39, 0.29) is 0 Å². The molecule has 0 heterocycles. The van der Waals surface area contributed by atoms with E-state index in [9.17, 15) is 9.90 Å². The Morgan fingerprint density at radius 3 is 2.35 bits per heavy atom. The number of methoxy groups -OCH3 is 1. The summed E-state index contributed by atoms with van der Waals surface area (Å²) >= 11 is 5.89. The van der Waals surface area contributed by atoms with Crippen LogP contribution in [-0.4, -0.2) is 18.2 Å². The second-order valence-corrected chi connectivity index (χ2v) is 6.31.